The summed E-state index contributed by atoms with van der Waals surface area (Å²) in [4.78, 5) is 25.4. The fraction of sp³-hybridized carbons (Fsp3) is 0.222. The summed E-state index contributed by atoms with van der Waals surface area (Å²) in [6, 6.07) is 12.3. The molecule has 0 bridgehead atoms. The zero-order valence-corrected chi connectivity index (χ0v) is 12.9. The van der Waals surface area contributed by atoms with Crippen LogP contribution in [0.25, 0.3) is 0 Å². The molecule has 24 heavy (non-hydrogen) atoms. The monoisotopic (exact) mass is 328 g/mol. The first-order chi connectivity index (χ1) is 11.5. The Balaban J connectivity index is 1.72. The molecule has 1 unspecified atom stereocenters. The third-order valence-electron chi connectivity index (χ3n) is 4.01. The number of amides is 2. The van der Waals surface area contributed by atoms with E-state index in [4.69, 9.17) is 10.5 Å². The summed E-state index contributed by atoms with van der Waals surface area (Å²) < 4.78 is 18.7. The molecule has 2 aromatic rings. The summed E-state index contributed by atoms with van der Waals surface area (Å²) >= 11 is 0. The number of hydrogen-bond donors (Lipinski definition) is 1. The van der Waals surface area contributed by atoms with Gasteiger partial charge in [0.15, 0.2) is 0 Å². The lowest BCUT2D eigenvalue weighted by Gasteiger charge is -2.33. The van der Waals surface area contributed by atoms with Crippen molar-refractivity contribution in [2.45, 2.75) is 6.10 Å². The second-order valence-electron chi connectivity index (χ2n) is 5.60. The molecule has 0 radical (unpaired) electrons. The molecule has 2 N–H and O–H groups in total. The van der Waals surface area contributed by atoms with E-state index >= 15 is 0 Å². The highest BCUT2D eigenvalue weighted by atomic mass is 19.1. The van der Waals surface area contributed by atoms with Gasteiger partial charge in [-0.05, 0) is 42.0 Å². The second-order valence-corrected chi connectivity index (χ2v) is 5.60. The van der Waals surface area contributed by atoms with Gasteiger partial charge in [-0.3, -0.25) is 9.59 Å². The molecule has 3 rings (SSSR count). The van der Waals surface area contributed by atoms with Crippen molar-refractivity contribution in [2.75, 3.05) is 19.7 Å². The van der Waals surface area contributed by atoms with E-state index < -0.39 is 5.91 Å². The Labute approximate surface area is 138 Å². The number of halogens is 1. The summed E-state index contributed by atoms with van der Waals surface area (Å²) in [6.45, 7) is 1.28. The number of carbonyl (C=O) groups excluding carboxylic acids is 2. The minimum Gasteiger partial charge on any atom is -0.370 e. The molecule has 0 aliphatic carbocycles. The van der Waals surface area contributed by atoms with Crippen LogP contribution in [0.15, 0.2) is 48.5 Å². The van der Waals surface area contributed by atoms with E-state index in [9.17, 15) is 14.0 Å². The van der Waals surface area contributed by atoms with E-state index in [-0.39, 0.29) is 17.8 Å². The first-order valence-electron chi connectivity index (χ1n) is 7.61. The van der Waals surface area contributed by atoms with Crippen LogP contribution in [-0.2, 0) is 4.74 Å². The lowest BCUT2D eigenvalue weighted by Crippen LogP contribution is -2.42. The van der Waals surface area contributed by atoms with E-state index in [1.165, 1.54) is 24.3 Å². The molecule has 6 heteroatoms. The maximum atomic E-state index is 13.0. The zero-order valence-electron chi connectivity index (χ0n) is 12.9. The Hall–Kier alpha value is -2.73. The molecule has 124 valence electrons. The number of primary amides is 1. The molecule has 1 aliphatic heterocycles. The molecule has 0 saturated carbocycles. The summed E-state index contributed by atoms with van der Waals surface area (Å²) in [5.74, 6) is -0.977. The van der Waals surface area contributed by atoms with Gasteiger partial charge < -0.3 is 15.4 Å². The lowest BCUT2D eigenvalue weighted by atomic mass is 10.1. The van der Waals surface area contributed by atoms with Crippen LogP contribution < -0.4 is 5.73 Å². The third-order valence-corrected chi connectivity index (χ3v) is 4.01. The zero-order chi connectivity index (χ0) is 17.1. The van der Waals surface area contributed by atoms with E-state index in [2.05, 4.69) is 0 Å². The van der Waals surface area contributed by atoms with Crippen molar-refractivity contribution in [2.24, 2.45) is 5.73 Å². The van der Waals surface area contributed by atoms with Crippen LogP contribution in [0.1, 0.15) is 32.4 Å². The van der Waals surface area contributed by atoms with Gasteiger partial charge in [0, 0.05) is 17.7 Å². The van der Waals surface area contributed by atoms with E-state index in [0.717, 1.165) is 5.56 Å². The van der Waals surface area contributed by atoms with E-state index in [1.807, 2.05) is 0 Å². The van der Waals surface area contributed by atoms with Gasteiger partial charge in [-0.2, -0.15) is 0 Å². The first-order valence-corrected chi connectivity index (χ1v) is 7.61. The average molecular weight is 328 g/mol. The number of carbonyl (C=O) groups is 2. The van der Waals surface area contributed by atoms with Gasteiger partial charge in [0.1, 0.15) is 11.9 Å². The molecule has 1 aliphatic rings. The number of nitrogens with two attached hydrogens (primary N) is 1. The smallest absolute Gasteiger partial charge is 0.254 e. The van der Waals surface area contributed by atoms with Crippen molar-refractivity contribution in [3.63, 3.8) is 0 Å². The highest BCUT2D eigenvalue weighted by Gasteiger charge is 2.26. The first kappa shape index (κ1) is 16.1. The highest BCUT2D eigenvalue weighted by molar-refractivity contribution is 5.97. The van der Waals surface area contributed by atoms with Gasteiger partial charge in [-0.1, -0.05) is 12.1 Å². The molecule has 1 saturated heterocycles. The number of morpholine rings is 1. The van der Waals surface area contributed by atoms with Crippen LogP contribution in [0.3, 0.4) is 0 Å². The Morgan fingerprint density at radius 1 is 1.04 bits per heavy atom. The van der Waals surface area contributed by atoms with Crippen molar-refractivity contribution in [3.05, 3.63) is 71.0 Å². The van der Waals surface area contributed by atoms with Gasteiger partial charge in [0.25, 0.3) is 5.91 Å². The van der Waals surface area contributed by atoms with Crippen LogP contribution in [-0.4, -0.2) is 36.4 Å². The molecule has 1 fully saturated rings. The molecular formula is C18H17FN2O3. The predicted molar refractivity (Wildman–Crippen MR) is 86.0 cm³/mol. The average Bonchev–Trinajstić information content (AvgIpc) is 2.62. The maximum Gasteiger partial charge on any atom is 0.254 e. The normalized spacial score (nSPS) is 17.5. The summed E-state index contributed by atoms with van der Waals surface area (Å²) in [6.07, 6.45) is -0.284. The van der Waals surface area contributed by atoms with Crippen molar-refractivity contribution >= 4 is 11.8 Å². The van der Waals surface area contributed by atoms with Gasteiger partial charge in [-0.25, -0.2) is 4.39 Å². The van der Waals surface area contributed by atoms with Crippen LogP contribution in [0.5, 0.6) is 0 Å². The molecule has 2 aromatic carbocycles. The number of ether oxygens (including phenoxy) is 1. The number of hydrogen-bond acceptors (Lipinski definition) is 3. The van der Waals surface area contributed by atoms with Crippen molar-refractivity contribution in [1.82, 2.24) is 4.90 Å². The molecule has 2 amide bonds. The second kappa shape index (κ2) is 6.80. The number of benzene rings is 2. The van der Waals surface area contributed by atoms with E-state index in [1.54, 1.807) is 29.2 Å². The Bertz CT molecular complexity index is 744. The molecule has 0 aromatic heterocycles. The molecular weight excluding hydrogens is 311 g/mol. The largest absolute Gasteiger partial charge is 0.370 e. The molecule has 5 nitrogen and oxygen atoms in total. The van der Waals surface area contributed by atoms with Crippen molar-refractivity contribution in [3.8, 4) is 0 Å². The fourth-order valence-corrected chi connectivity index (χ4v) is 2.67. The van der Waals surface area contributed by atoms with E-state index in [0.29, 0.717) is 30.8 Å². The Morgan fingerprint density at radius 3 is 2.29 bits per heavy atom. The van der Waals surface area contributed by atoms with Crippen LogP contribution >= 0.6 is 0 Å². The standard InChI is InChI=1S/C18H17FN2O3/c19-15-7-5-12(6-8-15)16-11-21(9-10-24-16)18(23)14-3-1-13(2-4-14)17(20)22/h1-8,16H,9-11H2,(H2,20,22). The quantitative estimate of drug-likeness (QED) is 0.938. The lowest BCUT2D eigenvalue weighted by molar-refractivity contribution is -0.0228. The molecule has 1 heterocycles. The number of rotatable bonds is 3. The van der Waals surface area contributed by atoms with Crippen LogP contribution in [0.2, 0.25) is 0 Å². The third kappa shape index (κ3) is 3.44. The van der Waals surface area contributed by atoms with Gasteiger partial charge in [0.05, 0.1) is 13.2 Å². The van der Waals surface area contributed by atoms with Crippen LogP contribution in [0, 0.1) is 5.82 Å². The van der Waals surface area contributed by atoms with Gasteiger partial charge in [-0.15, -0.1) is 0 Å². The molecule has 1 atom stereocenters. The minimum absolute atomic E-state index is 0.138. The molecule has 0 spiro atoms. The van der Waals surface area contributed by atoms with Crippen molar-refractivity contribution in [1.29, 1.82) is 0 Å². The fourth-order valence-electron chi connectivity index (χ4n) is 2.67. The van der Waals surface area contributed by atoms with Gasteiger partial charge in [0.2, 0.25) is 5.91 Å². The predicted octanol–water partition coefficient (Wildman–Crippen LogP) is 2.14. The minimum atomic E-state index is -0.531. The summed E-state index contributed by atoms with van der Waals surface area (Å²) in [7, 11) is 0. The van der Waals surface area contributed by atoms with Crippen molar-refractivity contribution < 1.29 is 18.7 Å². The number of nitrogens with zero attached hydrogens (tertiary/aromatic N) is 1. The summed E-state index contributed by atoms with van der Waals surface area (Å²) in [5.41, 5.74) is 6.87. The Morgan fingerprint density at radius 2 is 1.67 bits per heavy atom. The maximum absolute atomic E-state index is 13.0. The Kier molecular flexibility index (Phi) is 4.57. The van der Waals surface area contributed by atoms with Crippen LogP contribution in [0.4, 0.5) is 4.39 Å². The highest BCUT2D eigenvalue weighted by Crippen LogP contribution is 2.23. The SMILES string of the molecule is NC(=O)c1ccc(C(=O)N2CCOC(c3ccc(F)cc3)C2)cc1. The van der Waals surface area contributed by atoms with Gasteiger partial charge >= 0.3 is 0 Å². The topological polar surface area (TPSA) is 72.6 Å². The summed E-state index contributed by atoms with van der Waals surface area (Å²) in [5, 5.41) is 0.